The molecule has 0 aromatic heterocycles. The van der Waals surface area contributed by atoms with E-state index in [1.807, 2.05) is 0 Å². The summed E-state index contributed by atoms with van der Waals surface area (Å²) in [7, 11) is -3.54. The van der Waals surface area contributed by atoms with Crippen molar-refractivity contribution in [1.82, 2.24) is 5.32 Å². The predicted octanol–water partition coefficient (Wildman–Crippen LogP) is 3.61. The lowest BCUT2D eigenvalue weighted by Crippen LogP contribution is -2.53. The van der Waals surface area contributed by atoms with Crippen LogP contribution in [0.2, 0.25) is 0 Å². The second kappa shape index (κ2) is 9.85. The molecule has 1 unspecified atom stereocenters. The first-order valence-corrected chi connectivity index (χ1v) is 11.5. The molecule has 0 saturated heterocycles. The van der Waals surface area contributed by atoms with Crippen LogP contribution in [-0.4, -0.2) is 43.4 Å². The van der Waals surface area contributed by atoms with Crippen molar-refractivity contribution in [1.29, 1.82) is 0 Å². The highest BCUT2D eigenvalue weighted by Gasteiger charge is 2.71. The number of carbonyl (C=O) groups excluding carboxylic acids is 2. The molecule has 35 heavy (non-hydrogen) atoms. The van der Waals surface area contributed by atoms with Crippen molar-refractivity contribution in [3.63, 3.8) is 0 Å². The Bertz CT molecular complexity index is 1160. The van der Waals surface area contributed by atoms with Gasteiger partial charge in [-0.25, -0.2) is 8.42 Å². The predicted molar refractivity (Wildman–Crippen MR) is 112 cm³/mol. The SMILES string of the molecule is CCS(=O)(=O)c1ccc(C(NC(C)=O)C(=O)Nc2ccc(C(O)(C(F)(F)F)C(F)(F)F)cc2)cc1. The van der Waals surface area contributed by atoms with Crippen LogP contribution in [0.5, 0.6) is 0 Å². The van der Waals surface area contributed by atoms with Crippen molar-refractivity contribution in [3.8, 4) is 0 Å². The summed E-state index contributed by atoms with van der Waals surface area (Å²) in [6.07, 6.45) is -12.1. The number of sulfone groups is 1. The van der Waals surface area contributed by atoms with E-state index in [1.54, 1.807) is 0 Å². The molecular weight excluding hydrogens is 506 g/mol. The molecule has 0 fully saturated rings. The van der Waals surface area contributed by atoms with E-state index in [2.05, 4.69) is 10.6 Å². The van der Waals surface area contributed by atoms with E-state index in [0.29, 0.717) is 12.1 Å². The number of halogens is 6. The van der Waals surface area contributed by atoms with Crippen LogP contribution in [0.1, 0.15) is 31.0 Å². The molecule has 7 nitrogen and oxygen atoms in total. The molecular formula is C21H20F6N2O5S. The minimum Gasteiger partial charge on any atom is -0.369 e. The van der Waals surface area contributed by atoms with Crippen molar-refractivity contribution in [2.24, 2.45) is 0 Å². The van der Waals surface area contributed by atoms with Gasteiger partial charge in [0.05, 0.1) is 10.6 Å². The number of rotatable bonds is 7. The van der Waals surface area contributed by atoms with Crippen molar-refractivity contribution in [3.05, 3.63) is 59.7 Å². The Kier molecular flexibility index (Phi) is 7.91. The maximum Gasteiger partial charge on any atom is 0.430 e. The first-order valence-electron chi connectivity index (χ1n) is 9.81. The molecule has 0 aliphatic heterocycles. The molecule has 192 valence electrons. The Labute approximate surface area is 196 Å². The van der Waals surface area contributed by atoms with Gasteiger partial charge < -0.3 is 15.7 Å². The van der Waals surface area contributed by atoms with E-state index in [0.717, 1.165) is 19.1 Å². The zero-order valence-electron chi connectivity index (χ0n) is 18.2. The van der Waals surface area contributed by atoms with Gasteiger partial charge in [-0.1, -0.05) is 31.2 Å². The van der Waals surface area contributed by atoms with Gasteiger partial charge in [0.15, 0.2) is 9.84 Å². The third kappa shape index (κ3) is 5.93. The normalized spacial score (nSPS) is 13.7. The minimum absolute atomic E-state index is 0.0249. The van der Waals surface area contributed by atoms with Crippen LogP contribution in [0, 0.1) is 0 Å². The first kappa shape index (κ1) is 28.1. The van der Waals surface area contributed by atoms with E-state index in [9.17, 15) is 49.5 Å². The highest BCUT2D eigenvalue weighted by molar-refractivity contribution is 7.91. The number of alkyl halides is 6. The molecule has 1 atom stereocenters. The van der Waals surface area contributed by atoms with E-state index >= 15 is 0 Å². The lowest BCUT2D eigenvalue weighted by atomic mass is 9.92. The van der Waals surface area contributed by atoms with Crippen LogP contribution in [0.3, 0.4) is 0 Å². The Hall–Kier alpha value is -3.13. The first-order chi connectivity index (χ1) is 15.9. The fourth-order valence-electron chi connectivity index (χ4n) is 3.04. The van der Waals surface area contributed by atoms with E-state index in [4.69, 9.17) is 0 Å². The van der Waals surface area contributed by atoms with Crippen molar-refractivity contribution in [2.45, 2.75) is 42.7 Å². The fourth-order valence-corrected chi connectivity index (χ4v) is 3.92. The van der Waals surface area contributed by atoms with Crippen LogP contribution in [0.4, 0.5) is 32.0 Å². The average molecular weight is 526 g/mol. The molecule has 0 spiro atoms. The van der Waals surface area contributed by atoms with E-state index < -0.39 is 51.2 Å². The summed E-state index contributed by atoms with van der Waals surface area (Å²) < 4.78 is 102. The molecule has 0 aliphatic rings. The smallest absolute Gasteiger partial charge is 0.369 e. The summed E-state index contributed by atoms with van der Waals surface area (Å²) in [5.74, 6) is -1.73. The van der Waals surface area contributed by atoms with Crippen molar-refractivity contribution < 1.29 is 49.5 Å². The molecule has 2 aromatic carbocycles. The summed E-state index contributed by atoms with van der Waals surface area (Å²) in [4.78, 5) is 24.3. The number of anilines is 1. The number of hydrogen-bond donors (Lipinski definition) is 3. The summed E-state index contributed by atoms with van der Waals surface area (Å²) in [5, 5.41) is 14.0. The number of benzene rings is 2. The Morgan fingerprint density at radius 3 is 1.80 bits per heavy atom. The van der Waals surface area contributed by atoms with Gasteiger partial charge in [-0.2, -0.15) is 26.3 Å². The fraction of sp³-hybridized carbons (Fsp3) is 0.333. The Balaban J connectivity index is 2.34. The van der Waals surface area contributed by atoms with Crippen LogP contribution in [0.25, 0.3) is 0 Å². The number of aliphatic hydroxyl groups is 1. The van der Waals surface area contributed by atoms with E-state index in [-0.39, 0.29) is 21.9 Å². The van der Waals surface area contributed by atoms with Crippen LogP contribution in [-0.2, 0) is 25.0 Å². The molecule has 0 radical (unpaired) electrons. The second-order valence-electron chi connectivity index (χ2n) is 7.38. The molecule has 0 saturated carbocycles. The quantitative estimate of drug-likeness (QED) is 0.478. The van der Waals surface area contributed by atoms with Crippen molar-refractivity contribution >= 4 is 27.3 Å². The summed E-state index contributed by atoms with van der Waals surface area (Å²) in [6.45, 7) is 2.53. The van der Waals surface area contributed by atoms with Gasteiger partial charge in [0, 0.05) is 18.2 Å². The molecule has 0 bridgehead atoms. The Morgan fingerprint density at radius 2 is 1.40 bits per heavy atom. The van der Waals surface area contributed by atoms with Crippen molar-refractivity contribution in [2.75, 3.05) is 11.1 Å². The minimum atomic E-state index is -6.07. The van der Waals surface area contributed by atoms with Gasteiger partial charge in [-0.05, 0) is 29.8 Å². The zero-order chi connectivity index (χ0) is 26.8. The Morgan fingerprint density at radius 1 is 0.914 bits per heavy atom. The molecule has 3 N–H and O–H groups in total. The third-order valence-electron chi connectivity index (χ3n) is 4.95. The van der Waals surface area contributed by atoms with Gasteiger partial charge in [-0.3, -0.25) is 9.59 Å². The van der Waals surface area contributed by atoms with Crippen LogP contribution in [0.15, 0.2) is 53.4 Å². The average Bonchev–Trinajstić information content (AvgIpc) is 2.75. The standard InChI is InChI=1S/C21H20F6N2O5S/c1-3-35(33,34)16-10-4-13(5-11-16)17(28-12(2)30)18(31)29-15-8-6-14(7-9-15)19(32,20(22,23)24)21(25,26)27/h4-11,17,32H,3H2,1-2H3,(H,28,30)(H,29,31). The lowest BCUT2D eigenvalue weighted by Gasteiger charge is -2.32. The van der Waals surface area contributed by atoms with E-state index in [1.165, 1.54) is 31.2 Å². The maximum atomic E-state index is 13.0. The number of carbonyl (C=O) groups is 2. The van der Waals surface area contributed by atoms with Gasteiger partial charge in [0.2, 0.25) is 5.91 Å². The lowest BCUT2D eigenvalue weighted by molar-refractivity contribution is -0.376. The summed E-state index contributed by atoms with van der Waals surface area (Å²) in [6, 6.07) is 5.78. The van der Waals surface area contributed by atoms with Gasteiger partial charge >= 0.3 is 12.4 Å². The van der Waals surface area contributed by atoms with Gasteiger partial charge in [-0.15, -0.1) is 0 Å². The largest absolute Gasteiger partial charge is 0.430 e. The molecule has 2 aromatic rings. The monoisotopic (exact) mass is 526 g/mol. The zero-order valence-corrected chi connectivity index (χ0v) is 19.0. The maximum absolute atomic E-state index is 13.0. The third-order valence-corrected chi connectivity index (χ3v) is 6.70. The summed E-state index contributed by atoms with van der Waals surface area (Å²) in [5.41, 5.74) is -6.71. The molecule has 0 heterocycles. The van der Waals surface area contributed by atoms with Gasteiger partial charge in [0.25, 0.3) is 11.5 Å². The highest BCUT2D eigenvalue weighted by Crippen LogP contribution is 2.50. The molecule has 2 rings (SSSR count). The van der Waals surface area contributed by atoms with Crippen LogP contribution >= 0.6 is 0 Å². The topological polar surface area (TPSA) is 113 Å². The molecule has 14 heteroatoms. The van der Waals surface area contributed by atoms with Gasteiger partial charge in [0.1, 0.15) is 6.04 Å². The highest BCUT2D eigenvalue weighted by atomic mass is 32.2. The molecule has 0 aliphatic carbocycles. The number of hydrogen-bond acceptors (Lipinski definition) is 5. The summed E-state index contributed by atoms with van der Waals surface area (Å²) >= 11 is 0. The number of nitrogens with one attached hydrogen (secondary N) is 2. The molecule has 2 amide bonds. The second-order valence-corrected chi connectivity index (χ2v) is 9.66. The van der Waals surface area contributed by atoms with Crippen LogP contribution < -0.4 is 10.6 Å². The number of amides is 2.